The maximum Gasteiger partial charge on any atom is 0.291 e. The molecule has 0 unspecified atom stereocenters. The monoisotopic (exact) mass is 538 g/mol. The second kappa shape index (κ2) is 10.2. The Hall–Kier alpha value is -4.16. The number of phenolic OH excluding ortho intramolecular Hbond substituents is 1. The highest BCUT2D eigenvalue weighted by Crippen LogP contribution is 2.30. The molecular weight excluding hydrogens is 516 g/mol. The number of aromatic hydroxyl groups is 1. The highest BCUT2D eigenvalue weighted by Gasteiger charge is 2.13. The van der Waals surface area contributed by atoms with Crippen LogP contribution >= 0.6 is 15.9 Å². The van der Waals surface area contributed by atoms with Gasteiger partial charge in [0.1, 0.15) is 11.3 Å². The van der Waals surface area contributed by atoms with Crippen molar-refractivity contribution in [3.63, 3.8) is 0 Å². The lowest BCUT2D eigenvalue weighted by Gasteiger charge is -2.09. The van der Waals surface area contributed by atoms with E-state index in [1.165, 1.54) is 5.56 Å². The minimum absolute atomic E-state index is 0.141. The summed E-state index contributed by atoms with van der Waals surface area (Å²) in [5, 5.41) is 14.3. The van der Waals surface area contributed by atoms with Crippen molar-refractivity contribution >= 4 is 50.4 Å². The molecular formula is C30H23BrN2O3. The van der Waals surface area contributed by atoms with Gasteiger partial charge in [-0.1, -0.05) is 48.5 Å². The predicted octanol–water partition coefficient (Wildman–Crippen LogP) is 7.80. The molecule has 0 aliphatic heterocycles. The number of halogens is 1. The number of phenols is 1. The molecule has 2 N–H and O–H groups in total. The zero-order valence-electron chi connectivity index (χ0n) is 19.5. The average molecular weight is 539 g/mol. The molecule has 0 aliphatic carbocycles. The van der Waals surface area contributed by atoms with Crippen LogP contribution in [0.3, 0.4) is 0 Å². The number of para-hydroxylation sites is 1. The van der Waals surface area contributed by atoms with Gasteiger partial charge >= 0.3 is 0 Å². The van der Waals surface area contributed by atoms with E-state index in [-0.39, 0.29) is 17.4 Å². The lowest BCUT2D eigenvalue weighted by Crippen LogP contribution is -2.11. The quantitative estimate of drug-likeness (QED) is 0.216. The molecule has 0 saturated carbocycles. The molecule has 5 nitrogen and oxygen atoms in total. The third-order valence-corrected chi connectivity index (χ3v) is 6.47. The zero-order valence-corrected chi connectivity index (χ0v) is 21.1. The number of aryl methyl sites for hydroxylation is 1. The van der Waals surface area contributed by atoms with Crippen LogP contribution < -0.4 is 5.32 Å². The predicted molar refractivity (Wildman–Crippen MR) is 148 cm³/mol. The molecule has 0 atom stereocenters. The summed E-state index contributed by atoms with van der Waals surface area (Å²) in [5.41, 5.74) is 5.79. The van der Waals surface area contributed by atoms with Crippen LogP contribution in [0.25, 0.3) is 11.0 Å². The first-order valence-electron chi connectivity index (χ1n) is 11.5. The standard InChI is InChI=1S/C30H23BrN2O3/c1-19-13-24(11-12-26(19)33-30(35)28-17-22-9-5-6-10-27(22)36-28)32-18-23-15-21(16-25(31)29(23)34)14-20-7-3-2-4-8-20/h2-13,15-18,34H,14H2,1H3,(H,33,35). The van der Waals surface area contributed by atoms with E-state index in [1.807, 2.05) is 79.7 Å². The largest absolute Gasteiger partial charge is 0.506 e. The summed E-state index contributed by atoms with van der Waals surface area (Å²) in [6.07, 6.45) is 2.40. The Kier molecular flexibility index (Phi) is 6.69. The summed E-state index contributed by atoms with van der Waals surface area (Å²) in [4.78, 5) is 17.3. The van der Waals surface area contributed by atoms with E-state index in [9.17, 15) is 9.90 Å². The van der Waals surface area contributed by atoms with Crippen LogP contribution in [0.15, 0.2) is 105 Å². The molecule has 0 bridgehead atoms. The summed E-state index contributed by atoms with van der Waals surface area (Å²) in [6.45, 7) is 1.90. The van der Waals surface area contributed by atoms with Crippen molar-refractivity contribution < 1.29 is 14.3 Å². The molecule has 178 valence electrons. The molecule has 36 heavy (non-hydrogen) atoms. The Balaban J connectivity index is 1.32. The number of fused-ring (bicyclic) bond motifs is 1. The average Bonchev–Trinajstić information content (AvgIpc) is 3.32. The molecule has 0 saturated heterocycles. The Morgan fingerprint density at radius 2 is 1.75 bits per heavy atom. The smallest absolute Gasteiger partial charge is 0.291 e. The Bertz CT molecular complexity index is 1560. The van der Waals surface area contributed by atoms with Crippen molar-refractivity contribution in [2.75, 3.05) is 5.32 Å². The number of anilines is 1. The van der Waals surface area contributed by atoms with Gasteiger partial charge < -0.3 is 14.8 Å². The number of aliphatic imine (C=N–C) groups is 1. The van der Waals surface area contributed by atoms with E-state index in [1.54, 1.807) is 12.3 Å². The lowest BCUT2D eigenvalue weighted by atomic mass is 10.0. The van der Waals surface area contributed by atoms with Gasteiger partial charge in [0.05, 0.1) is 10.2 Å². The number of hydrogen-bond donors (Lipinski definition) is 2. The van der Waals surface area contributed by atoms with Crippen molar-refractivity contribution in [3.05, 3.63) is 123 Å². The fraction of sp³-hybridized carbons (Fsp3) is 0.0667. The van der Waals surface area contributed by atoms with Gasteiger partial charge in [-0.25, -0.2) is 0 Å². The van der Waals surface area contributed by atoms with Gasteiger partial charge in [0.15, 0.2) is 5.76 Å². The number of rotatable bonds is 6. The molecule has 0 spiro atoms. The third kappa shape index (κ3) is 5.24. The fourth-order valence-corrected chi connectivity index (χ4v) is 4.52. The van der Waals surface area contributed by atoms with Crippen molar-refractivity contribution in [2.24, 2.45) is 4.99 Å². The topological polar surface area (TPSA) is 74.8 Å². The van der Waals surface area contributed by atoms with Crippen molar-refractivity contribution in [1.82, 2.24) is 0 Å². The van der Waals surface area contributed by atoms with E-state index in [2.05, 4.69) is 38.4 Å². The highest BCUT2D eigenvalue weighted by molar-refractivity contribution is 9.10. The molecule has 0 aliphatic rings. The number of nitrogens with one attached hydrogen (secondary N) is 1. The second-order valence-corrected chi connectivity index (χ2v) is 9.39. The van der Waals surface area contributed by atoms with Gasteiger partial charge in [0.2, 0.25) is 0 Å². The number of carbonyl (C=O) groups excluding carboxylic acids is 1. The number of nitrogens with zero attached hydrogens (tertiary/aromatic N) is 1. The summed E-state index contributed by atoms with van der Waals surface area (Å²) in [5.74, 6) is 0.0895. The van der Waals surface area contributed by atoms with Crippen molar-refractivity contribution in [3.8, 4) is 5.75 Å². The Morgan fingerprint density at radius 1 is 0.972 bits per heavy atom. The maximum atomic E-state index is 12.7. The third-order valence-electron chi connectivity index (χ3n) is 5.86. The van der Waals surface area contributed by atoms with Crippen LogP contribution in [-0.4, -0.2) is 17.2 Å². The number of benzene rings is 4. The summed E-state index contributed by atoms with van der Waals surface area (Å²) < 4.78 is 6.28. The first-order chi connectivity index (χ1) is 17.5. The van der Waals surface area contributed by atoms with Gasteiger partial charge in [0.25, 0.3) is 5.91 Å². The highest BCUT2D eigenvalue weighted by atomic mass is 79.9. The molecule has 5 rings (SSSR count). The first kappa shape index (κ1) is 23.6. The lowest BCUT2D eigenvalue weighted by molar-refractivity contribution is 0.0998. The van der Waals surface area contributed by atoms with Crippen LogP contribution in [0.1, 0.15) is 32.8 Å². The van der Waals surface area contributed by atoms with Gasteiger partial charge in [-0.3, -0.25) is 9.79 Å². The number of furan rings is 1. The van der Waals surface area contributed by atoms with Crippen LogP contribution in [0.2, 0.25) is 0 Å². The molecule has 1 amide bonds. The van der Waals surface area contributed by atoms with E-state index in [4.69, 9.17) is 4.42 Å². The van der Waals surface area contributed by atoms with Gasteiger partial charge in [0, 0.05) is 22.9 Å². The van der Waals surface area contributed by atoms with Crippen LogP contribution in [0.4, 0.5) is 11.4 Å². The minimum Gasteiger partial charge on any atom is -0.506 e. The number of carbonyl (C=O) groups is 1. The Labute approximate surface area is 217 Å². The first-order valence-corrected chi connectivity index (χ1v) is 12.3. The molecule has 6 heteroatoms. The fourth-order valence-electron chi connectivity index (χ4n) is 4.00. The van der Waals surface area contributed by atoms with E-state index >= 15 is 0 Å². The van der Waals surface area contributed by atoms with E-state index in [0.717, 1.165) is 22.9 Å². The second-order valence-electron chi connectivity index (χ2n) is 8.54. The van der Waals surface area contributed by atoms with E-state index < -0.39 is 0 Å². The zero-order chi connectivity index (χ0) is 25.1. The maximum absolute atomic E-state index is 12.7. The van der Waals surface area contributed by atoms with Gasteiger partial charge in [-0.2, -0.15) is 0 Å². The van der Waals surface area contributed by atoms with Gasteiger partial charge in [-0.15, -0.1) is 0 Å². The molecule has 0 fully saturated rings. The van der Waals surface area contributed by atoms with Crippen LogP contribution in [-0.2, 0) is 6.42 Å². The molecule has 1 aromatic heterocycles. The SMILES string of the molecule is Cc1cc(N=Cc2cc(Cc3ccccc3)cc(Br)c2O)ccc1NC(=O)c1cc2ccccc2o1. The molecule has 0 radical (unpaired) electrons. The number of hydrogen-bond acceptors (Lipinski definition) is 4. The van der Waals surface area contributed by atoms with Crippen LogP contribution in [0, 0.1) is 6.92 Å². The van der Waals surface area contributed by atoms with E-state index in [0.29, 0.717) is 27.0 Å². The molecule has 5 aromatic rings. The minimum atomic E-state index is -0.310. The van der Waals surface area contributed by atoms with Gasteiger partial charge in [-0.05, 0) is 88.4 Å². The van der Waals surface area contributed by atoms with Crippen molar-refractivity contribution in [2.45, 2.75) is 13.3 Å². The summed E-state index contributed by atoms with van der Waals surface area (Å²) in [7, 11) is 0. The number of amides is 1. The van der Waals surface area contributed by atoms with Crippen LogP contribution in [0.5, 0.6) is 5.75 Å². The normalized spacial score (nSPS) is 11.3. The van der Waals surface area contributed by atoms with Crippen molar-refractivity contribution in [1.29, 1.82) is 0 Å². The molecule has 4 aromatic carbocycles. The summed E-state index contributed by atoms with van der Waals surface area (Å²) in [6, 6.07) is 28.8. The molecule has 1 heterocycles. The summed E-state index contributed by atoms with van der Waals surface area (Å²) >= 11 is 3.45. The Morgan fingerprint density at radius 3 is 2.53 bits per heavy atom.